The Balaban J connectivity index is 2.03. The van der Waals surface area contributed by atoms with Crippen LogP contribution in [0.5, 0.6) is 0 Å². The fraction of sp³-hybridized carbons (Fsp3) is 0.300. The minimum atomic E-state index is -3.67. The van der Waals surface area contributed by atoms with Crippen LogP contribution < -0.4 is 10.0 Å². The van der Waals surface area contributed by atoms with E-state index >= 15 is 0 Å². The van der Waals surface area contributed by atoms with Gasteiger partial charge in [0.15, 0.2) is 5.11 Å². The SMILES string of the molecule is CCCN(CCC)C(=S)NC(=O)c1ccc(NS(=O)(=O)c2ccccc2)cc1. The van der Waals surface area contributed by atoms with Gasteiger partial charge in [0.25, 0.3) is 15.9 Å². The van der Waals surface area contributed by atoms with Gasteiger partial charge in [-0.25, -0.2) is 8.42 Å². The molecule has 0 heterocycles. The van der Waals surface area contributed by atoms with E-state index in [1.807, 2.05) is 4.90 Å². The van der Waals surface area contributed by atoms with Crippen LogP contribution in [0.3, 0.4) is 0 Å². The van der Waals surface area contributed by atoms with Crippen LogP contribution in [0.25, 0.3) is 0 Å². The van der Waals surface area contributed by atoms with E-state index in [0.717, 1.165) is 25.9 Å². The molecule has 6 nitrogen and oxygen atoms in total. The molecule has 0 aromatic heterocycles. The van der Waals surface area contributed by atoms with Crippen molar-refractivity contribution >= 4 is 38.9 Å². The summed E-state index contributed by atoms with van der Waals surface area (Å²) in [5.41, 5.74) is 0.777. The first-order valence-electron chi connectivity index (χ1n) is 9.15. The van der Waals surface area contributed by atoms with Crippen molar-refractivity contribution in [2.24, 2.45) is 0 Å². The molecule has 2 N–H and O–H groups in total. The van der Waals surface area contributed by atoms with Gasteiger partial charge >= 0.3 is 0 Å². The largest absolute Gasteiger partial charge is 0.349 e. The number of amides is 1. The van der Waals surface area contributed by atoms with Crippen LogP contribution in [0.15, 0.2) is 59.5 Å². The topological polar surface area (TPSA) is 78.5 Å². The molecule has 0 atom stereocenters. The summed E-state index contributed by atoms with van der Waals surface area (Å²) in [6.07, 6.45) is 1.87. The summed E-state index contributed by atoms with van der Waals surface area (Å²) in [7, 11) is -3.67. The van der Waals surface area contributed by atoms with Crippen LogP contribution in [0.2, 0.25) is 0 Å². The number of rotatable bonds is 8. The molecule has 8 heteroatoms. The predicted molar refractivity (Wildman–Crippen MR) is 116 cm³/mol. The zero-order valence-electron chi connectivity index (χ0n) is 16.0. The van der Waals surface area contributed by atoms with E-state index < -0.39 is 10.0 Å². The van der Waals surface area contributed by atoms with Gasteiger partial charge in [-0.1, -0.05) is 32.0 Å². The van der Waals surface area contributed by atoms with E-state index in [0.29, 0.717) is 16.4 Å². The lowest BCUT2D eigenvalue weighted by Gasteiger charge is -2.24. The van der Waals surface area contributed by atoms with Gasteiger partial charge in [0.1, 0.15) is 0 Å². The van der Waals surface area contributed by atoms with E-state index in [-0.39, 0.29) is 10.8 Å². The summed E-state index contributed by atoms with van der Waals surface area (Å²) in [4.78, 5) is 14.6. The molecule has 0 bridgehead atoms. The van der Waals surface area contributed by atoms with Crippen molar-refractivity contribution in [3.8, 4) is 0 Å². The van der Waals surface area contributed by atoms with E-state index in [9.17, 15) is 13.2 Å². The number of hydrogen-bond donors (Lipinski definition) is 2. The molecule has 0 aliphatic rings. The second-order valence-electron chi connectivity index (χ2n) is 6.24. The fourth-order valence-corrected chi connectivity index (χ4v) is 3.96. The molecule has 2 aromatic rings. The Hall–Kier alpha value is -2.45. The second kappa shape index (κ2) is 10.2. The molecule has 2 rings (SSSR count). The molecule has 150 valence electrons. The average molecular weight is 420 g/mol. The molecular weight excluding hydrogens is 394 g/mol. The zero-order chi connectivity index (χ0) is 20.6. The number of anilines is 1. The van der Waals surface area contributed by atoms with Gasteiger partial charge in [-0.3, -0.25) is 14.8 Å². The van der Waals surface area contributed by atoms with E-state index in [1.165, 1.54) is 12.1 Å². The van der Waals surface area contributed by atoms with Gasteiger partial charge in [0.05, 0.1) is 4.90 Å². The van der Waals surface area contributed by atoms with Crippen LogP contribution in [-0.4, -0.2) is 37.4 Å². The Labute approximate surface area is 172 Å². The summed E-state index contributed by atoms with van der Waals surface area (Å²) in [6, 6.07) is 14.3. The Bertz CT molecular complexity index is 892. The van der Waals surface area contributed by atoms with Crippen molar-refractivity contribution < 1.29 is 13.2 Å². The second-order valence-corrected chi connectivity index (χ2v) is 8.31. The number of sulfonamides is 1. The Morgan fingerprint density at radius 1 is 0.964 bits per heavy atom. The first-order chi connectivity index (χ1) is 13.4. The van der Waals surface area contributed by atoms with Crippen LogP contribution in [0.1, 0.15) is 37.0 Å². The minimum absolute atomic E-state index is 0.175. The van der Waals surface area contributed by atoms with E-state index in [4.69, 9.17) is 12.2 Å². The summed E-state index contributed by atoms with van der Waals surface area (Å²) in [5.74, 6) is -0.320. The number of hydrogen-bond acceptors (Lipinski definition) is 4. The molecule has 0 radical (unpaired) electrons. The van der Waals surface area contributed by atoms with Crippen LogP contribution in [0, 0.1) is 0 Å². The summed E-state index contributed by atoms with van der Waals surface area (Å²) in [6.45, 7) is 5.69. The number of carbonyl (C=O) groups is 1. The fourth-order valence-electron chi connectivity index (χ4n) is 2.61. The molecule has 0 aliphatic heterocycles. The van der Waals surface area contributed by atoms with Crippen LogP contribution >= 0.6 is 12.2 Å². The van der Waals surface area contributed by atoms with Crippen molar-refractivity contribution in [1.82, 2.24) is 10.2 Å². The Morgan fingerprint density at radius 2 is 1.54 bits per heavy atom. The molecule has 1 amide bonds. The highest BCUT2D eigenvalue weighted by Gasteiger charge is 2.15. The van der Waals surface area contributed by atoms with Gasteiger partial charge in [-0.2, -0.15) is 0 Å². The number of nitrogens with zero attached hydrogens (tertiary/aromatic N) is 1. The average Bonchev–Trinajstić information content (AvgIpc) is 2.68. The Morgan fingerprint density at radius 3 is 2.07 bits per heavy atom. The quantitative estimate of drug-likeness (QED) is 0.639. The number of benzene rings is 2. The maximum atomic E-state index is 12.4. The normalized spacial score (nSPS) is 10.9. The molecule has 0 unspecified atom stereocenters. The van der Waals surface area contributed by atoms with Gasteiger partial charge < -0.3 is 4.90 Å². The maximum Gasteiger partial charge on any atom is 0.261 e. The molecule has 0 spiro atoms. The number of nitrogens with one attached hydrogen (secondary N) is 2. The van der Waals surface area contributed by atoms with E-state index in [2.05, 4.69) is 23.9 Å². The van der Waals surface area contributed by atoms with Crippen molar-refractivity contribution in [2.45, 2.75) is 31.6 Å². The smallest absolute Gasteiger partial charge is 0.261 e. The van der Waals surface area contributed by atoms with Crippen molar-refractivity contribution in [3.63, 3.8) is 0 Å². The van der Waals surface area contributed by atoms with Gasteiger partial charge in [-0.15, -0.1) is 0 Å². The standard InChI is InChI=1S/C20H25N3O3S2/c1-3-14-23(15-4-2)20(27)21-19(24)16-10-12-17(13-11-16)22-28(25,26)18-8-6-5-7-9-18/h5-13,22H,3-4,14-15H2,1-2H3,(H,21,24,27). The lowest BCUT2D eigenvalue weighted by molar-refractivity contribution is 0.0973. The molecule has 0 fully saturated rings. The van der Waals surface area contributed by atoms with Crippen LogP contribution in [0.4, 0.5) is 5.69 Å². The predicted octanol–water partition coefficient (Wildman–Crippen LogP) is 3.62. The van der Waals surface area contributed by atoms with Crippen molar-refractivity contribution in [3.05, 3.63) is 60.2 Å². The summed E-state index contributed by atoms with van der Waals surface area (Å²) >= 11 is 5.34. The van der Waals surface area contributed by atoms with Crippen molar-refractivity contribution in [1.29, 1.82) is 0 Å². The lowest BCUT2D eigenvalue weighted by atomic mass is 10.2. The molecule has 0 saturated heterocycles. The molecular formula is C20H25N3O3S2. The third-order valence-corrected chi connectivity index (χ3v) is 5.70. The highest BCUT2D eigenvalue weighted by atomic mass is 32.2. The number of carbonyl (C=O) groups excluding carboxylic acids is 1. The Kier molecular flexibility index (Phi) is 7.95. The van der Waals surface area contributed by atoms with Gasteiger partial charge in [0.2, 0.25) is 0 Å². The van der Waals surface area contributed by atoms with Gasteiger partial charge in [0, 0.05) is 24.3 Å². The first-order valence-corrected chi connectivity index (χ1v) is 11.0. The maximum absolute atomic E-state index is 12.4. The lowest BCUT2D eigenvalue weighted by Crippen LogP contribution is -2.43. The monoisotopic (exact) mass is 419 g/mol. The molecule has 0 aliphatic carbocycles. The van der Waals surface area contributed by atoms with Gasteiger partial charge in [-0.05, 0) is 61.5 Å². The zero-order valence-corrected chi connectivity index (χ0v) is 17.6. The highest BCUT2D eigenvalue weighted by molar-refractivity contribution is 7.92. The summed E-state index contributed by atoms with van der Waals surface area (Å²) < 4.78 is 27.2. The first kappa shape index (κ1) is 21.8. The van der Waals surface area contributed by atoms with E-state index in [1.54, 1.807) is 42.5 Å². The number of thiocarbonyl (C=S) groups is 1. The third kappa shape index (κ3) is 6.03. The molecule has 0 saturated carbocycles. The third-order valence-electron chi connectivity index (χ3n) is 3.95. The minimum Gasteiger partial charge on any atom is -0.349 e. The summed E-state index contributed by atoms with van der Waals surface area (Å²) in [5, 5.41) is 3.14. The highest BCUT2D eigenvalue weighted by Crippen LogP contribution is 2.16. The van der Waals surface area contributed by atoms with Crippen LogP contribution in [-0.2, 0) is 10.0 Å². The van der Waals surface area contributed by atoms with Crippen molar-refractivity contribution in [2.75, 3.05) is 17.8 Å². The molecule has 28 heavy (non-hydrogen) atoms. The molecule has 2 aromatic carbocycles.